The number of rotatable bonds is 3. The Bertz CT molecular complexity index is 396. The average molecular weight is 282 g/mol. The van der Waals surface area contributed by atoms with E-state index in [9.17, 15) is 22.0 Å². The summed E-state index contributed by atoms with van der Waals surface area (Å²) in [5, 5.41) is 0. The molecule has 1 nitrogen and oxygen atoms in total. The minimum absolute atomic E-state index is 0.325. The van der Waals surface area contributed by atoms with Gasteiger partial charge in [0.1, 0.15) is 5.76 Å². The molecular weight excluding hydrogens is 267 g/mol. The van der Waals surface area contributed by atoms with Crippen LogP contribution in [-0.4, -0.2) is 12.3 Å². The molecule has 0 aromatic heterocycles. The summed E-state index contributed by atoms with van der Waals surface area (Å²) in [6.45, 7) is 0. The van der Waals surface area contributed by atoms with E-state index < -0.39 is 42.0 Å². The van der Waals surface area contributed by atoms with E-state index >= 15 is 0 Å². The van der Waals surface area contributed by atoms with Gasteiger partial charge in [0.15, 0.2) is 17.8 Å². The summed E-state index contributed by atoms with van der Waals surface area (Å²) in [6.07, 6.45) is -2.96. The van der Waals surface area contributed by atoms with Gasteiger partial charge in [-0.3, -0.25) is 0 Å². The highest BCUT2D eigenvalue weighted by Gasteiger charge is 2.43. The van der Waals surface area contributed by atoms with E-state index in [0.29, 0.717) is 31.8 Å². The van der Waals surface area contributed by atoms with Crippen LogP contribution in [0.25, 0.3) is 0 Å². The third-order valence-corrected chi connectivity index (χ3v) is 3.52. The summed E-state index contributed by atoms with van der Waals surface area (Å²) in [5.74, 6) is -4.53. The highest BCUT2D eigenvalue weighted by atomic mass is 19.3. The Balaban J connectivity index is 2.05. The summed E-state index contributed by atoms with van der Waals surface area (Å²) in [4.78, 5) is 0. The molecule has 0 aromatic carbocycles. The van der Waals surface area contributed by atoms with Crippen LogP contribution in [0.3, 0.4) is 0 Å². The zero-order valence-corrected chi connectivity index (χ0v) is 10.3. The maximum Gasteiger partial charge on any atom is 0.400 e. The van der Waals surface area contributed by atoms with Crippen molar-refractivity contribution in [3.05, 3.63) is 23.5 Å². The lowest BCUT2D eigenvalue weighted by Gasteiger charge is -2.31. The molecule has 0 radical (unpaired) electrons. The number of hydrogen-bond donors (Lipinski definition) is 0. The second kappa shape index (κ2) is 5.51. The molecule has 108 valence electrons. The van der Waals surface area contributed by atoms with E-state index in [1.807, 2.05) is 0 Å². The van der Waals surface area contributed by atoms with Crippen LogP contribution in [0.15, 0.2) is 23.5 Å². The van der Waals surface area contributed by atoms with Crippen molar-refractivity contribution in [3.8, 4) is 0 Å². The normalized spacial score (nSPS) is 26.4. The molecule has 0 heterocycles. The Morgan fingerprint density at radius 2 is 1.74 bits per heavy atom. The van der Waals surface area contributed by atoms with Gasteiger partial charge in [-0.05, 0) is 12.8 Å². The quantitative estimate of drug-likeness (QED) is 0.665. The van der Waals surface area contributed by atoms with Crippen molar-refractivity contribution in [2.45, 2.75) is 50.8 Å². The lowest BCUT2D eigenvalue weighted by Crippen LogP contribution is -2.33. The van der Waals surface area contributed by atoms with Crippen LogP contribution in [0, 0.1) is 5.92 Å². The highest BCUT2D eigenvalue weighted by Crippen LogP contribution is 2.40. The van der Waals surface area contributed by atoms with Gasteiger partial charge in [0.2, 0.25) is 0 Å². The van der Waals surface area contributed by atoms with E-state index in [1.54, 1.807) is 0 Å². The molecule has 0 saturated heterocycles. The standard InChI is InChI=1S/C13H15F5O/c14-10-6-9(7-11(15)12(10)16)19-13(17,18)8-4-2-1-3-5-8/h6,8,11H,1-5,7H2. The third kappa shape index (κ3) is 3.28. The lowest BCUT2D eigenvalue weighted by molar-refractivity contribution is -0.257. The average Bonchev–Trinajstić information content (AvgIpc) is 2.36. The summed E-state index contributed by atoms with van der Waals surface area (Å²) in [6, 6.07) is 0. The van der Waals surface area contributed by atoms with Crippen molar-refractivity contribution in [2.75, 3.05) is 0 Å². The minimum Gasteiger partial charge on any atom is -0.437 e. The molecular formula is C13H15F5O. The summed E-state index contributed by atoms with van der Waals surface area (Å²) in [7, 11) is 0. The van der Waals surface area contributed by atoms with Crippen LogP contribution in [0.2, 0.25) is 0 Å². The van der Waals surface area contributed by atoms with Gasteiger partial charge in [0.05, 0.1) is 5.92 Å². The molecule has 2 rings (SSSR count). The molecule has 6 heteroatoms. The second-order valence-electron chi connectivity index (χ2n) is 4.98. The Morgan fingerprint density at radius 1 is 1.11 bits per heavy atom. The molecule has 19 heavy (non-hydrogen) atoms. The van der Waals surface area contributed by atoms with E-state index in [0.717, 1.165) is 6.42 Å². The molecule has 0 N–H and O–H groups in total. The molecule has 1 unspecified atom stereocenters. The second-order valence-corrected chi connectivity index (χ2v) is 4.98. The molecule has 0 spiro atoms. The van der Waals surface area contributed by atoms with Crippen molar-refractivity contribution < 1.29 is 26.7 Å². The first kappa shape index (κ1) is 14.3. The maximum absolute atomic E-state index is 13.8. The molecule has 1 fully saturated rings. The van der Waals surface area contributed by atoms with E-state index in [1.165, 1.54) is 0 Å². The molecule has 0 bridgehead atoms. The fourth-order valence-corrected chi connectivity index (χ4v) is 2.45. The van der Waals surface area contributed by atoms with Crippen LogP contribution >= 0.6 is 0 Å². The van der Waals surface area contributed by atoms with Crippen LogP contribution in [-0.2, 0) is 4.74 Å². The molecule has 0 amide bonds. The Kier molecular flexibility index (Phi) is 4.16. The zero-order valence-electron chi connectivity index (χ0n) is 10.3. The summed E-state index contributed by atoms with van der Waals surface area (Å²) < 4.78 is 70.9. The first-order valence-electron chi connectivity index (χ1n) is 6.37. The molecule has 2 aliphatic rings. The Labute approximate surface area is 108 Å². The molecule has 0 aromatic rings. The first-order chi connectivity index (χ1) is 8.90. The fraction of sp³-hybridized carbons (Fsp3) is 0.692. The maximum atomic E-state index is 13.8. The minimum atomic E-state index is -3.46. The van der Waals surface area contributed by atoms with Crippen molar-refractivity contribution >= 4 is 0 Å². The van der Waals surface area contributed by atoms with Crippen molar-refractivity contribution in [3.63, 3.8) is 0 Å². The first-order valence-corrected chi connectivity index (χ1v) is 6.37. The highest BCUT2D eigenvalue weighted by molar-refractivity contribution is 5.26. The monoisotopic (exact) mass is 282 g/mol. The van der Waals surface area contributed by atoms with E-state index in [-0.39, 0.29) is 0 Å². The molecule has 1 saturated carbocycles. The van der Waals surface area contributed by atoms with Crippen LogP contribution in [0.4, 0.5) is 22.0 Å². The number of alkyl halides is 3. The van der Waals surface area contributed by atoms with Gasteiger partial charge < -0.3 is 4.74 Å². The van der Waals surface area contributed by atoms with Crippen LogP contribution in [0.1, 0.15) is 38.5 Å². The van der Waals surface area contributed by atoms with Gasteiger partial charge in [-0.1, -0.05) is 19.3 Å². The van der Waals surface area contributed by atoms with Gasteiger partial charge in [-0.25, -0.2) is 13.2 Å². The van der Waals surface area contributed by atoms with Gasteiger partial charge >= 0.3 is 6.11 Å². The fourth-order valence-electron chi connectivity index (χ4n) is 2.45. The van der Waals surface area contributed by atoms with Gasteiger partial charge in [0, 0.05) is 12.5 Å². The SMILES string of the molecule is FC1=C(F)C(F)CC(OC(F)(F)C2CCCCC2)=C1. The largest absolute Gasteiger partial charge is 0.437 e. The van der Waals surface area contributed by atoms with Crippen LogP contribution in [0.5, 0.6) is 0 Å². The predicted octanol–water partition coefficient (Wildman–Crippen LogP) is 4.95. The summed E-state index contributed by atoms with van der Waals surface area (Å²) in [5.41, 5.74) is 0. The molecule has 0 aliphatic heterocycles. The zero-order chi connectivity index (χ0) is 14.0. The summed E-state index contributed by atoms with van der Waals surface area (Å²) >= 11 is 0. The number of allylic oxidation sites excluding steroid dienone is 4. The topological polar surface area (TPSA) is 9.23 Å². The van der Waals surface area contributed by atoms with Gasteiger partial charge in [-0.15, -0.1) is 0 Å². The van der Waals surface area contributed by atoms with Crippen molar-refractivity contribution in [1.29, 1.82) is 0 Å². The van der Waals surface area contributed by atoms with E-state index in [2.05, 4.69) is 4.74 Å². The van der Waals surface area contributed by atoms with E-state index in [4.69, 9.17) is 0 Å². The Morgan fingerprint density at radius 3 is 2.32 bits per heavy atom. The van der Waals surface area contributed by atoms with Crippen molar-refractivity contribution in [1.82, 2.24) is 0 Å². The predicted molar refractivity (Wildman–Crippen MR) is 59.4 cm³/mol. The van der Waals surface area contributed by atoms with Gasteiger partial charge in [-0.2, -0.15) is 8.78 Å². The number of ether oxygens (including phenoxy) is 1. The van der Waals surface area contributed by atoms with Gasteiger partial charge in [0.25, 0.3) is 0 Å². The van der Waals surface area contributed by atoms with Crippen molar-refractivity contribution in [2.24, 2.45) is 5.92 Å². The Hall–Kier alpha value is -1.07. The number of hydrogen-bond acceptors (Lipinski definition) is 1. The molecule has 2 aliphatic carbocycles. The lowest BCUT2D eigenvalue weighted by atomic mass is 9.88. The van der Waals surface area contributed by atoms with Crippen LogP contribution < -0.4 is 0 Å². The smallest absolute Gasteiger partial charge is 0.400 e. The number of halogens is 5. The third-order valence-electron chi connectivity index (χ3n) is 3.52. The molecule has 1 atom stereocenters.